The van der Waals surface area contributed by atoms with Gasteiger partial charge in [0.2, 0.25) is 0 Å². The lowest BCUT2D eigenvalue weighted by Gasteiger charge is -2.20. The molecule has 0 fully saturated rings. The van der Waals surface area contributed by atoms with Crippen LogP contribution in [0.5, 0.6) is 0 Å². The summed E-state index contributed by atoms with van der Waals surface area (Å²) in [5.74, 6) is 0.538. The molecule has 0 aliphatic rings. The van der Waals surface area contributed by atoms with E-state index in [2.05, 4.69) is 38.2 Å². The quantitative estimate of drug-likeness (QED) is 0.790. The van der Waals surface area contributed by atoms with E-state index in [4.69, 9.17) is 0 Å². The Morgan fingerprint density at radius 3 is 2.69 bits per heavy atom. The Kier molecular flexibility index (Phi) is 5.29. The highest BCUT2D eigenvalue weighted by Crippen LogP contribution is 2.19. The summed E-state index contributed by atoms with van der Waals surface area (Å²) in [6, 6.07) is 8.28. The van der Waals surface area contributed by atoms with Crippen LogP contribution in [0.15, 0.2) is 29.2 Å². The number of nitrogens with one attached hydrogen (secondary N) is 1. The number of rotatable bonds is 5. The number of hydrogen-bond donors (Lipinski definition) is 1. The standard InChI is InChI=1S/C13H20FNS/c1-13(2,3)15-10-11-5-4-6-12(9-11)16-8-7-14/h4-6,9,15H,7-8,10H2,1-3H3. The molecule has 0 unspecified atom stereocenters. The van der Waals surface area contributed by atoms with E-state index in [0.717, 1.165) is 11.4 Å². The molecule has 0 bridgehead atoms. The molecule has 1 N–H and O–H groups in total. The van der Waals surface area contributed by atoms with Crippen LogP contribution < -0.4 is 5.32 Å². The topological polar surface area (TPSA) is 12.0 Å². The Labute approximate surface area is 102 Å². The van der Waals surface area contributed by atoms with Crippen molar-refractivity contribution in [3.63, 3.8) is 0 Å². The molecule has 1 nitrogen and oxygen atoms in total. The molecule has 90 valence electrons. The van der Waals surface area contributed by atoms with E-state index in [0.29, 0.717) is 5.75 Å². The number of thioether (sulfide) groups is 1. The highest BCUT2D eigenvalue weighted by atomic mass is 32.2. The second kappa shape index (κ2) is 6.26. The molecular formula is C13H20FNS. The van der Waals surface area contributed by atoms with Crippen LogP contribution in [0.4, 0.5) is 4.39 Å². The summed E-state index contributed by atoms with van der Waals surface area (Å²) >= 11 is 1.57. The van der Waals surface area contributed by atoms with Crippen molar-refractivity contribution >= 4 is 11.8 Å². The first kappa shape index (κ1) is 13.5. The summed E-state index contributed by atoms with van der Waals surface area (Å²) in [5, 5.41) is 3.44. The summed E-state index contributed by atoms with van der Waals surface area (Å²) in [6.07, 6.45) is 0. The fourth-order valence-electron chi connectivity index (χ4n) is 1.27. The van der Waals surface area contributed by atoms with Crippen LogP contribution in [-0.4, -0.2) is 18.0 Å². The number of alkyl halides is 1. The van der Waals surface area contributed by atoms with E-state index in [9.17, 15) is 4.39 Å². The van der Waals surface area contributed by atoms with Gasteiger partial charge in [-0.1, -0.05) is 12.1 Å². The highest BCUT2D eigenvalue weighted by molar-refractivity contribution is 7.99. The summed E-state index contributed by atoms with van der Waals surface area (Å²) < 4.78 is 12.1. The van der Waals surface area contributed by atoms with Crippen molar-refractivity contribution in [2.24, 2.45) is 0 Å². The molecule has 16 heavy (non-hydrogen) atoms. The van der Waals surface area contributed by atoms with Crippen molar-refractivity contribution in [1.29, 1.82) is 0 Å². The van der Waals surface area contributed by atoms with Crippen LogP contribution in [0.2, 0.25) is 0 Å². The van der Waals surface area contributed by atoms with E-state index >= 15 is 0 Å². The zero-order valence-electron chi connectivity index (χ0n) is 10.2. The smallest absolute Gasteiger partial charge is 0.0988 e. The van der Waals surface area contributed by atoms with E-state index in [1.807, 2.05) is 12.1 Å². The highest BCUT2D eigenvalue weighted by Gasteiger charge is 2.08. The Balaban J connectivity index is 2.53. The molecule has 1 rings (SSSR count). The summed E-state index contributed by atoms with van der Waals surface area (Å²) in [4.78, 5) is 1.14. The molecule has 0 spiro atoms. The molecule has 0 amide bonds. The SMILES string of the molecule is CC(C)(C)NCc1cccc(SCCF)c1. The maximum Gasteiger partial charge on any atom is 0.0988 e. The van der Waals surface area contributed by atoms with Gasteiger partial charge in [-0.15, -0.1) is 11.8 Å². The lowest BCUT2D eigenvalue weighted by atomic mass is 10.1. The van der Waals surface area contributed by atoms with Gasteiger partial charge in [0.05, 0.1) is 6.67 Å². The first-order valence-electron chi connectivity index (χ1n) is 5.54. The Hall–Kier alpha value is -0.540. The molecule has 0 atom stereocenters. The number of hydrogen-bond acceptors (Lipinski definition) is 2. The van der Waals surface area contributed by atoms with Gasteiger partial charge in [-0.3, -0.25) is 4.39 Å². The van der Waals surface area contributed by atoms with Crippen LogP contribution in [0.1, 0.15) is 26.3 Å². The maximum atomic E-state index is 12.1. The summed E-state index contributed by atoms with van der Waals surface area (Å²) in [7, 11) is 0. The lowest BCUT2D eigenvalue weighted by Crippen LogP contribution is -2.35. The lowest BCUT2D eigenvalue weighted by molar-refractivity contribution is 0.424. The van der Waals surface area contributed by atoms with Gasteiger partial charge in [-0.25, -0.2) is 0 Å². The number of benzene rings is 1. The fourth-order valence-corrected chi connectivity index (χ4v) is 1.99. The van der Waals surface area contributed by atoms with Gasteiger partial charge in [0, 0.05) is 22.7 Å². The average Bonchev–Trinajstić information content (AvgIpc) is 2.23. The van der Waals surface area contributed by atoms with Gasteiger partial charge < -0.3 is 5.32 Å². The molecule has 0 aliphatic heterocycles. The zero-order valence-corrected chi connectivity index (χ0v) is 11.0. The number of halogens is 1. The third-order valence-corrected chi connectivity index (χ3v) is 3.01. The van der Waals surface area contributed by atoms with Crippen molar-refractivity contribution in [2.45, 2.75) is 37.8 Å². The van der Waals surface area contributed by atoms with Crippen molar-refractivity contribution in [1.82, 2.24) is 5.32 Å². The molecule has 0 saturated heterocycles. The Morgan fingerprint density at radius 1 is 1.31 bits per heavy atom. The third-order valence-electron chi connectivity index (χ3n) is 2.07. The Bertz CT molecular complexity index is 320. The predicted octanol–water partition coefficient (Wildman–Crippen LogP) is 3.64. The van der Waals surface area contributed by atoms with Crippen molar-refractivity contribution < 1.29 is 4.39 Å². The van der Waals surface area contributed by atoms with E-state index < -0.39 is 0 Å². The molecule has 1 aromatic rings. The van der Waals surface area contributed by atoms with E-state index in [1.165, 1.54) is 5.56 Å². The molecule has 3 heteroatoms. The Morgan fingerprint density at radius 2 is 2.06 bits per heavy atom. The van der Waals surface area contributed by atoms with E-state index in [1.54, 1.807) is 11.8 Å². The minimum atomic E-state index is -0.269. The first-order valence-corrected chi connectivity index (χ1v) is 6.52. The minimum absolute atomic E-state index is 0.127. The van der Waals surface area contributed by atoms with Crippen LogP contribution in [0.3, 0.4) is 0 Å². The van der Waals surface area contributed by atoms with Gasteiger partial charge in [-0.2, -0.15) is 0 Å². The molecular weight excluding hydrogens is 221 g/mol. The van der Waals surface area contributed by atoms with Gasteiger partial charge in [0.1, 0.15) is 0 Å². The molecule has 1 aromatic carbocycles. The monoisotopic (exact) mass is 241 g/mol. The van der Waals surface area contributed by atoms with Crippen molar-refractivity contribution in [3.05, 3.63) is 29.8 Å². The average molecular weight is 241 g/mol. The fraction of sp³-hybridized carbons (Fsp3) is 0.538. The maximum absolute atomic E-state index is 12.1. The van der Waals surface area contributed by atoms with Crippen molar-refractivity contribution in [3.8, 4) is 0 Å². The summed E-state index contributed by atoms with van der Waals surface area (Å²) in [5.41, 5.74) is 1.38. The third kappa shape index (κ3) is 5.52. The second-order valence-electron chi connectivity index (χ2n) is 4.79. The minimum Gasteiger partial charge on any atom is -0.308 e. The normalized spacial score (nSPS) is 11.8. The molecule has 0 radical (unpaired) electrons. The second-order valence-corrected chi connectivity index (χ2v) is 5.96. The van der Waals surface area contributed by atoms with Gasteiger partial charge >= 0.3 is 0 Å². The van der Waals surface area contributed by atoms with Gasteiger partial charge in [0.15, 0.2) is 0 Å². The van der Waals surface area contributed by atoms with Crippen molar-refractivity contribution in [2.75, 3.05) is 12.4 Å². The molecule has 0 heterocycles. The molecule has 0 saturated carbocycles. The van der Waals surface area contributed by atoms with Crippen LogP contribution >= 0.6 is 11.8 Å². The molecule has 0 aromatic heterocycles. The predicted molar refractivity (Wildman–Crippen MR) is 69.7 cm³/mol. The van der Waals surface area contributed by atoms with Crippen LogP contribution in [0, 0.1) is 0 Å². The van der Waals surface area contributed by atoms with Gasteiger partial charge in [0.25, 0.3) is 0 Å². The summed E-state index contributed by atoms with van der Waals surface area (Å²) in [6.45, 7) is 7.03. The first-order chi connectivity index (χ1) is 7.51. The van der Waals surface area contributed by atoms with Crippen LogP contribution in [0.25, 0.3) is 0 Å². The molecule has 0 aliphatic carbocycles. The van der Waals surface area contributed by atoms with E-state index in [-0.39, 0.29) is 12.2 Å². The van der Waals surface area contributed by atoms with Crippen LogP contribution in [-0.2, 0) is 6.54 Å². The van der Waals surface area contributed by atoms with Gasteiger partial charge in [-0.05, 0) is 38.5 Å². The largest absolute Gasteiger partial charge is 0.308 e. The zero-order chi connectivity index (χ0) is 12.0.